The van der Waals surface area contributed by atoms with E-state index in [0.717, 1.165) is 38.5 Å². The predicted molar refractivity (Wildman–Crippen MR) is 117 cm³/mol. The number of hydrogen-bond donors (Lipinski definition) is 0. The van der Waals surface area contributed by atoms with Crippen molar-refractivity contribution in [2.75, 3.05) is 13.2 Å². The van der Waals surface area contributed by atoms with E-state index in [2.05, 4.69) is 0 Å². The summed E-state index contributed by atoms with van der Waals surface area (Å²) < 4.78 is 46.5. The Morgan fingerprint density at radius 2 is 0.939 bits per heavy atom. The van der Waals surface area contributed by atoms with E-state index in [1.807, 2.05) is 0 Å². The Hall–Kier alpha value is -1.15. The van der Waals surface area contributed by atoms with Crippen LogP contribution in [0.4, 0.5) is 0 Å². The fourth-order valence-corrected chi connectivity index (χ4v) is 10.5. The van der Waals surface area contributed by atoms with Crippen LogP contribution >= 0.6 is 0 Å². The smallest absolute Gasteiger partial charge is 0.334 e. The zero-order chi connectivity index (χ0) is 23.0. The van der Waals surface area contributed by atoms with E-state index in [1.165, 1.54) is 38.5 Å². The highest BCUT2D eigenvalue weighted by Crippen LogP contribution is 2.61. The Morgan fingerprint density at radius 1 is 0.667 bits per heavy atom. The molecule has 8 aliphatic carbocycles. The minimum Gasteiger partial charge on any atom is -0.747 e. The van der Waals surface area contributed by atoms with Crippen LogP contribution in [0, 0.1) is 46.3 Å². The molecule has 33 heavy (non-hydrogen) atoms. The molecule has 0 aromatic heterocycles. The van der Waals surface area contributed by atoms with Gasteiger partial charge in [-0.15, -0.1) is 0 Å². The topological polar surface area (TPSA) is 110 Å². The highest BCUT2D eigenvalue weighted by atomic mass is 32.2. The number of ether oxygens (including phenoxy) is 2. The van der Waals surface area contributed by atoms with Gasteiger partial charge in [0, 0.05) is 10.8 Å². The Balaban J connectivity index is 1.10. The Bertz CT molecular complexity index is 808. The number of carbonyl (C=O) groups is 2. The van der Waals surface area contributed by atoms with Gasteiger partial charge in [0.2, 0.25) is 5.25 Å². The summed E-state index contributed by atoms with van der Waals surface area (Å²) in [4.78, 5) is 25.5. The first kappa shape index (κ1) is 22.3. The maximum Gasteiger partial charge on any atom is 0.334 e. The van der Waals surface area contributed by atoms with Crippen LogP contribution in [0.15, 0.2) is 0 Å². The van der Waals surface area contributed by atoms with Crippen LogP contribution in [0.1, 0.15) is 77.0 Å². The lowest BCUT2D eigenvalue weighted by Gasteiger charge is -2.56. The van der Waals surface area contributed by atoms with Crippen molar-refractivity contribution in [3.8, 4) is 0 Å². The van der Waals surface area contributed by atoms with Crippen molar-refractivity contribution in [2.24, 2.45) is 46.3 Å². The molecule has 8 heteroatoms. The van der Waals surface area contributed by atoms with Crippen LogP contribution < -0.4 is 0 Å². The van der Waals surface area contributed by atoms with Crippen LogP contribution in [-0.4, -0.2) is 43.4 Å². The Morgan fingerprint density at radius 3 is 1.18 bits per heavy atom. The molecular weight excluding hydrogens is 444 g/mol. The summed E-state index contributed by atoms with van der Waals surface area (Å²) in [7, 11) is -5.22. The van der Waals surface area contributed by atoms with Gasteiger partial charge in [0.25, 0.3) is 0 Å². The lowest BCUT2D eigenvalue weighted by Crippen LogP contribution is -2.50. The molecule has 0 spiro atoms. The lowest BCUT2D eigenvalue weighted by atomic mass is 9.50. The fourth-order valence-electron chi connectivity index (χ4n) is 9.87. The first-order chi connectivity index (χ1) is 15.6. The molecule has 184 valence electrons. The van der Waals surface area contributed by atoms with Gasteiger partial charge < -0.3 is 14.0 Å². The summed E-state index contributed by atoms with van der Waals surface area (Å²) >= 11 is 0. The minimum absolute atomic E-state index is 0.101. The van der Waals surface area contributed by atoms with Crippen molar-refractivity contribution in [1.82, 2.24) is 0 Å². The number of esters is 2. The highest BCUT2D eigenvalue weighted by molar-refractivity contribution is 7.88. The molecule has 8 rings (SSSR count). The predicted octanol–water partition coefficient (Wildman–Crippen LogP) is 3.42. The van der Waals surface area contributed by atoms with E-state index in [0.29, 0.717) is 35.5 Å². The molecule has 0 radical (unpaired) electrons. The molecule has 8 bridgehead atoms. The van der Waals surface area contributed by atoms with Gasteiger partial charge >= 0.3 is 11.9 Å². The summed E-state index contributed by atoms with van der Waals surface area (Å²) in [5.41, 5.74) is -0.241. The summed E-state index contributed by atoms with van der Waals surface area (Å²) in [6.45, 7) is 0.202. The van der Waals surface area contributed by atoms with Crippen LogP contribution in [0.25, 0.3) is 0 Å². The average molecular weight is 480 g/mol. The van der Waals surface area contributed by atoms with Gasteiger partial charge in [-0.3, -0.25) is 9.59 Å². The molecule has 8 fully saturated rings. The van der Waals surface area contributed by atoms with Gasteiger partial charge in [-0.25, -0.2) is 8.42 Å². The van der Waals surface area contributed by atoms with E-state index < -0.39 is 27.3 Å². The third-order valence-electron chi connectivity index (χ3n) is 10.1. The SMILES string of the molecule is O=C(OCC12CC3CC(CC(C3)C1)C2)C(C(=O)OCC12CC3CC(CC(C3)C1)C2)S(=O)(=O)[O-]. The van der Waals surface area contributed by atoms with Crippen molar-refractivity contribution >= 4 is 22.1 Å². The maximum absolute atomic E-state index is 12.7. The van der Waals surface area contributed by atoms with E-state index in [1.54, 1.807) is 0 Å². The van der Waals surface area contributed by atoms with Gasteiger partial charge in [-0.05, 0) is 113 Å². The molecule has 0 aromatic rings. The first-order valence-corrected chi connectivity index (χ1v) is 14.4. The quantitative estimate of drug-likeness (QED) is 0.313. The average Bonchev–Trinajstić information content (AvgIpc) is 2.68. The lowest BCUT2D eigenvalue weighted by molar-refractivity contribution is -0.165. The Kier molecular flexibility index (Phi) is 5.19. The number of carbonyl (C=O) groups excluding carboxylic acids is 2. The summed E-state index contributed by atoms with van der Waals surface area (Å²) in [6, 6.07) is 0. The van der Waals surface area contributed by atoms with Crippen molar-refractivity contribution in [1.29, 1.82) is 0 Å². The van der Waals surface area contributed by atoms with Crippen molar-refractivity contribution < 1.29 is 32.0 Å². The largest absolute Gasteiger partial charge is 0.747 e. The third-order valence-corrected chi connectivity index (χ3v) is 11.1. The second-order valence-corrected chi connectivity index (χ2v) is 14.4. The number of hydrogen-bond acceptors (Lipinski definition) is 7. The van der Waals surface area contributed by atoms with Crippen molar-refractivity contribution in [3.05, 3.63) is 0 Å². The van der Waals surface area contributed by atoms with Crippen molar-refractivity contribution in [2.45, 2.75) is 82.3 Å². The molecule has 7 nitrogen and oxygen atoms in total. The molecule has 0 unspecified atom stereocenters. The van der Waals surface area contributed by atoms with Crippen LogP contribution in [0.2, 0.25) is 0 Å². The summed E-state index contributed by atoms with van der Waals surface area (Å²) in [5, 5.41) is -2.42. The molecule has 0 N–H and O–H groups in total. The Labute approximate surface area is 196 Å². The second kappa shape index (κ2) is 7.67. The van der Waals surface area contributed by atoms with Crippen LogP contribution in [0.5, 0.6) is 0 Å². The molecular formula is C25H35O7S-. The van der Waals surface area contributed by atoms with Gasteiger partial charge in [-0.1, -0.05) is 0 Å². The zero-order valence-corrected chi connectivity index (χ0v) is 20.0. The summed E-state index contributed by atoms with van der Waals surface area (Å²) in [6.07, 6.45) is 13.3. The normalized spacial score (nSPS) is 45.7. The van der Waals surface area contributed by atoms with Gasteiger partial charge in [0.05, 0.1) is 13.2 Å². The number of rotatable bonds is 7. The molecule has 0 amide bonds. The fraction of sp³-hybridized carbons (Fsp3) is 0.920. The monoisotopic (exact) mass is 479 g/mol. The first-order valence-electron chi connectivity index (χ1n) is 12.9. The standard InChI is InChI=1S/C25H36O7S/c26-22(31-13-24-7-15-1-16(8-24)3-17(2-15)9-24)21(33(28,29)30)23(27)32-14-25-10-18-4-19(11-25)6-20(5-18)12-25/h15-21H,1-14H2,(H,28,29,30)/p-1. The molecule has 8 aliphatic rings. The third kappa shape index (κ3) is 4.13. The second-order valence-electron chi connectivity index (χ2n) is 12.9. The van der Waals surface area contributed by atoms with Gasteiger partial charge in [0.15, 0.2) is 0 Å². The van der Waals surface area contributed by atoms with E-state index in [-0.39, 0.29) is 24.0 Å². The van der Waals surface area contributed by atoms with Crippen LogP contribution in [-0.2, 0) is 29.2 Å². The molecule has 8 saturated carbocycles. The molecule has 0 aliphatic heterocycles. The molecule has 0 atom stereocenters. The molecule has 0 aromatic carbocycles. The minimum atomic E-state index is -5.22. The highest BCUT2D eigenvalue weighted by Gasteiger charge is 2.53. The molecule has 0 saturated heterocycles. The van der Waals surface area contributed by atoms with Crippen molar-refractivity contribution in [3.63, 3.8) is 0 Å². The van der Waals surface area contributed by atoms with Gasteiger partial charge in [-0.2, -0.15) is 0 Å². The zero-order valence-electron chi connectivity index (χ0n) is 19.2. The summed E-state index contributed by atoms with van der Waals surface area (Å²) in [5.74, 6) is 1.41. The maximum atomic E-state index is 12.7. The van der Waals surface area contributed by atoms with E-state index >= 15 is 0 Å². The molecule has 0 heterocycles. The van der Waals surface area contributed by atoms with Gasteiger partial charge in [0.1, 0.15) is 10.1 Å². The van der Waals surface area contributed by atoms with Crippen LogP contribution in [0.3, 0.4) is 0 Å². The van der Waals surface area contributed by atoms with E-state index in [9.17, 15) is 22.6 Å². The van der Waals surface area contributed by atoms with E-state index in [4.69, 9.17) is 9.47 Å².